The lowest BCUT2D eigenvalue weighted by molar-refractivity contribution is 0.0948. The van der Waals surface area contributed by atoms with Gasteiger partial charge in [-0.05, 0) is 58.5 Å². The fourth-order valence-corrected chi connectivity index (χ4v) is 2.55. The lowest BCUT2D eigenvalue weighted by Crippen LogP contribution is -2.22. The van der Waals surface area contributed by atoms with Crippen LogP contribution in [0.2, 0.25) is 0 Å². The first kappa shape index (κ1) is 14.3. The normalized spacial score (nSPS) is 10.2. The molecule has 2 aromatic carbocycles. The van der Waals surface area contributed by atoms with Crippen LogP contribution in [-0.4, -0.2) is 11.0 Å². The number of phenols is 1. The molecule has 1 amide bonds. The van der Waals surface area contributed by atoms with Crippen LogP contribution < -0.4 is 5.32 Å². The summed E-state index contributed by atoms with van der Waals surface area (Å²) in [4.78, 5) is 12.0. The summed E-state index contributed by atoms with van der Waals surface area (Å²) in [5, 5.41) is 12.5. The molecule has 2 rings (SSSR count). The van der Waals surface area contributed by atoms with Crippen LogP contribution >= 0.6 is 38.5 Å². The van der Waals surface area contributed by atoms with Gasteiger partial charge < -0.3 is 10.4 Å². The van der Waals surface area contributed by atoms with E-state index < -0.39 is 0 Å². The van der Waals surface area contributed by atoms with E-state index in [0.717, 1.165) is 13.6 Å². The molecule has 0 aromatic heterocycles. The van der Waals surface area contributed by atoms with E-state index in [2.05, 4.69) is 43.8 Å². The number of phenolic OH excluding ortho intramolecular Hbond substituents is 1. The number of amides is 1. The molecule has 0 aliphatic heterocycles. The summed E-state index contributed by atoms with van der Waals surface area (Å²) in [5.74, 6) is -0.289. The van der Waals surface area contributed by atoms with Crippen molar-refractivity contribution in [3.05, 3.63) is 61.6 Å². The highest BCUT2D eigenvalue weighted by atomic mass is 127. The minimum absolute atomic E-state index is 0.00726. The van der Waals surface area contributed by atoms with Crippen LogP contribution in [0.25, 0.3) is 0 Å². The topological polar surface area (TPSA) is 49.3 Å². The average molecular weight is 432 g/mol. The van der Waals surface area contributed by atoms with Gasteiger partial charge in [0.1, 0.15) is 5.75 Å². The first-order valence-electron chi connectivity index (χ1n) is 5.57. The van der Waals surface area contributed by atoms with Crippen LogP contribution in [-0.2, 0) is 6.54 Å². The van der Waals surface area contributed by atoms with Crippen LogP contribution in [0.15, 0.2) is 46.9 Å². The van der Waals surface area contributed by atoms with E-state index >= 15 is 0 Å². The zero-order valence-electron chi connectivity index (χ0n) is 9.86. The summed E-state index contributed by atoms with van der Waals surface area (Å²) >= 11 is 5.48. The highest BCUT2D eigenvalue weighted by Gasteiger charge is 2.11. The maximum Gasteiger partial charge on any atom is 0.255 e. The smallest absolute Gasteiger partial charge is 0.255 e. The monoisotopic (exact) mass is 431 g/mol. The molecular weight excluding hydrogens is 421 g/mol. The SMILES string of the molecule is O=C(NCc1cccc(Br)c1)c1cc(I)ccc1O. The molecule has 19 heavy (non-hydrogen) atoms. The van der Waals surface area contributed by atoms with Crippen molar-refractivity contribution in [2.24, 2.45) is 0 Å². The molecule has 0 heterocycles. The van der Waals surface area contributed by atoms with Gasteiger partial charge in [0, 0.05) is 14.6 Å². The molecule has 0 aliphatic carbocycles. The van der Waals surface area contributed by atoms with Gasteiger partial charge in [-0.1, -0.05) is 28.1 Å². The van der Waals surface area contributed by atoms with E-state index in [1.54, 1.807) is 12.1 Å². The van der Waals surface area contributed by atoms with Crippen LogP contribution in [0.1, 0.15) is 15.9 Å². The second kappa shape index (κ2) is 6.38. The number of carbonyl (C=O) groups excluding carboxylic acids is 1. The van der Waals surface area contributed by atoms with E-state index in [1.165, 1.54) is 6.07 Å². The minimum Gasteiger partial charge on any atom is -0.507 e. The van der Waals surface area contributed by atoms with E-state index in [0.29, 0.717) is 12.1 Å². The van der Waals surface area contributed by atoms with Gasteiger partial charge in [0.15, 0.2) is 0 Å². The summed E-state index contributed by atoms with van der Waals surface area (Å²) in [6, 6.07) is 12.6. The van der Waals surface area contributed by atoms with E-state index in [1.807, 2.05) is 24.3 Å². The Morgan fingerprint density at radius 1 is 1.26 bits per heavy atom. The van der Waals surface area contributed by atoms with Crippen molar-refractivity contribution in [1.29, 1.82) is 0 Å². The molecule has 5 heteroatoms. The molecule has 0 atom stereocenters. The molecule has 0 saturated carbocycles. The van der Waals surface area contributed by atoms with E-state index in [-0.39, 0.29) is 11.7 Å². The predicted octanol–water partition coefficient (Wildman–Crippen LogP) is 3.69. The third-order valence-electron chi connectivity index (χ3n) is 2.55. The van der Waals surface area contributed by atoms with Crippen LogP contribution in [0.3, 0.4) is 0 Å². The van der Waals surface area contributed by atoms with Crippen LogP contribution in [0.5, 0.6) is 5.75 Å². The van der Waals surface area contributed by atoms with Gasteiger partial charge in [0.25, 0.3) is 5.91 Å². The van der Waals surface area contributed by atoms with Crippen molar-refractivity contribution in [3.8, 4) is 5.75 Å². The summed E-state index contributed by atoms with van der Waals surface area (Å²) in [6.07, 6.45) is 0. The number of benzene rings is 2. The fraction of sp³-hybridized carbons (Fsp3) is 0.0714. The van der Waals surface area contributed by atoms with E-state index in [9.17, 15) is 9.90 Å². The third-order valence-corrected chi connectivity index (χ3v) is 3.71. The van der Waals surface area contributed by atoms with Crippen molar-refractivity contribution >= 4 is 44.4 Å². The quantitative estimate of drug-likeness (QED) is 0.728. The fourth-order valence-electron chi connectivity index (χ4n) is 1.61. The number of halogens is 2. The Morgan fingerprint density at radius 2 is 2.05 bits per heavy atom. The number of aromatic hydroxyl groups is 1. The first-order chi connectivity index (χ1) is 9.06. The number of rotatable bonds is 3. The molecule has 2 aromatic rings. The number of nitrogens with one attached hydrogen (secondary N) is 1. The van der Waals surface area contributed by atoms with Crippen LogP contribution in [0, 0.1) is 3.57 Å². The minimum atomic E-state index is -0.281. The average Bonchev–Trinajstić information content (AvgIpc) is 2.39. The lowest BCUT2D eigenvalue weighted by atomic mass is 10.1. The van der Waals surface area contributed by atoms with Gasteiger partial charge in [-0.25, -0.2) is 0 Å². The molecular formula is C14H11BrINO2. The maximum absolute atomic E-state index is 12.0. The summed E-state index contributed by atoms with van der Waals surface area (Å²) in [6.45, 7) is 0.420. The molecule has 0 spiro atoms. The highest BCUT2D eigenvalue weighted by molar-refractivity contribution is 14.1. The molecule has 0 unspecified atom stereocenters. The predicted molar refractivity (Wildman–Crippen MR) is 86.1 cm³/mol. The molecule has 2 N–H and O–H groups in total. The third kappa shape index (κ3) is 3.94. The van der Waals surface area contributed by atoms with E-state index in [4.69, 9.17) is 0 Å². The number of carbonyl (C=O) groups is 1. The highest BCUT2D eigenvalue weighted by Crippen LogP contribution is 2.19. The molecule has 98 valence electrons. The zero-order chi connectivity index (χ0) is 13.8. The second-order valence-corrected chi connectivity index (χ2v) is 6.14. The summed E-state index contributed by atoms with van der Waals surface area (Å²) < 4.78 is 1.87. The van der Waals surface area contributed by atoms with Crippen LogP contribution in [0.4, 0.5) is 0 Å². The van der Waals surface area contributed by atoms with Crippen molar-refractivity contribution in [3.63, 3.8) is 0 Å². The molecule has 3 nitrogen and oxygen atoms in total. The zero-order valence-corrected chi connectivity index (χ0v) is 13.6. The molecule has 0 fully saturated rings. The molecule has 0 aliphatic rings. The Bertz CT molecular complexity index is 616. The summed E-state index contributed by atoms with van der Waals surface area (Å²) in [5.41, 5.74) is 1.29. The maximum atomic E-state index is 12.0. The van der Waals surface area contributed by atoms with Gasteiger partial charge in [-0.2, -0.15) is 0 Å². The molecule has 0 saturated heterocycles. The van der Waals surface area contributed by atoms with Gasteiger partial charge in [0.05, 0.1) is 5.56 Å². The van der Waals surface area contributed by atoms with Gasteiger partial charge in [-0.3, -0.25) is 4.79 Å². The van der Waals surface area contributed by atoms with Crippen molar-refractivity contribution in [2.75, 3.05) is 0 Å². The summed E-state index contributed by atoms with van der Waals surface area (Å²) in [7, 11) is 0. The van der Waals surface area contributed by atoms with Crippen molar-refractivity contribution < 1.29 is 9.90 Å². The Hall–Kier alpha value is -1.08. The molecule has 0 radical (unpaired) electrons. The standard InChI is InChI=1S/C14H11BrINO2/c15-10-3-1-2-9(6-10)8-17-14(19)12-7-11(16)4-5-13(12)18/h1-7,18H,8H2,(H,17,19). The van der Waals surface area contributed by atoms with Crippen molar-refractivity contribution in [1.82, 2.24) is 5.32 Å². The number of hydrogen-bond acceptors (Lipinski definition) is 2. The first-order valence-corrected chi connectivity index (χ1v) is 7.44. The Kier molecular flexibility index (Phi) is 4.81. The molecule has 0 bridgehead atoms. The van der Waals surface area contributed by atoms with Crippen molar-refractivity contribution in [2.45, 2.75) is 6.54 Å². The largest absolute Gasteiger partial charge is 0.507 e. The van der Waals surface area contributed by atoms with Gasteiger partial charge in [-0.15, -0.1) is 0 Å². The Morgan fingerprint density at radius 3 is 2.79 bits per heavy atom. The lowest BCUT2D eigenvalue weighted by Gasteiger charge is -2.07. The second-order valence-electron chi connectivity index (χ2n) is 3.97. The Balaban J connectivity index is 2.07. The number of hydrogen-bond donors (Lipinski definition) is 2. The van der Waals surface area contributed by atoms with Gasteiger partial charge >= 0.3 is 0 Å². The van der Waals surface area contributed by atoms with Gasteiger partial charge in [0.2, 0.25) is 0 Å². The Labute approximate surface area is 133 Å².